The van der Waals surface area contributed by atoms with Crippen LogP contribution in [0.15, 0.2) is 131 Å². The second kappa shape index (κ2) is 9.15. The molecule has 0 radical (unpaired) electrons. The van der Waals surface area contributed by atoms with Crippen LogP contribution < -0.4 is 5.73 Å². The number of thiophene rings is 1. The third-order valence-corrected chi connectivity index (χ3v) is 8.88. The highest BCUT2D eigenvalue weighted by molar-refractivity contribution is 7.25. The van der Waals surface area contributed by atoms with E-state index < -0.39 is 0 Å². The van der Waals surface area contributed by atoms with Crippen LogP contribution in [0.4, 0.5) is 0 Å². The Hall–Kier alpha value is -5.26. The standard InChI is InChI=1S/C36H23N3OS/c37-35(24-14-13-21-7-1-2-8-22(21)19-24)39-36(38)34-25(17-18-30-33(34)28-10-3-5-11-29(28)40-30)23-15-16-27-26-9-4-6-12-31(26)41-32(27)20-23/h1-20H,(H3,37,38,39). The summed E-state index contributed by atoms with van der Waals surface area (Å²) < 4.78 is 8.70. The summed E-state index contributed by atoms with van der Waals surface area (Å²) in [6.07, 6.45) is 0. The first-order chi connectivity index (χ1) is 20.1. The van der Waals surface area contributed by atoms with Crippen molar-refractivity contribution < 1.29 is 4.42 Å². The van der Waals surface area contributed by atoms with Gasteiger partial charge >= 0.3 is 0 Å². The Morgan fingerprint density at radius 2 is 1.41 bits per heavy atom. The Morgan fingerprint density at radius 1 is 0.659 bits per heavy atom. The van der Waals surface area contributed by atoms with Crippen molar-refractivity contribution in [2.45, 2.75) is 0 Å². The first-order valence-corrected chi connectivity index (χ1v) is 14.2. The van der Waals surface area contributed by atoms with Gasteiger partial charge in [0.15, 0.2) is 5.84 Å². The summed E-state index contributed by atoms with van der Waals surface area (Å²) in [5.74, 6) is 0.399. The van der Waals surface area contributed by atoms with E-state index >= 15 is 0 Å². The van der Waals surface area contributed by atoms with Crippen molar-refractivity contribution in [1.82, 2.24) is 0 Å². The lowest BCUT2D eigenvalue weighted by atomic mass is 9.94. The fourth-order valence-corrected chi connectivity index (χ4v) is 6.94. The summed E-state index contributed by atoms with van der Waals surface area (Å²) in [7, 11) is 0. The summed E-state index contributed by atoms with van der Waals surface area (Å²) in [6, 6.07) is 41.1. The molecule has 0 unspecified atom stereocenters. The Morgan fingerprint density at radius 3 is 2.32 bits per heavy atom. The zero-order valence-electron chi connectivity index (χ0n) is 21.9. The number of fused-ring (bicyclic) bond motifs is 7. The molecule has 8 aromatic rings. The predicted octanol–water partition coefficient (Wildman–Crippen LogP) is 9.50. The van der Waals surface area contributed by atoms with E-state index in [9.17, 15) is 0 Å². The molecule has 0 aliphatic heterocycles. The van der Waals surface area contributed by atoms with Crippen molar-refractivity contribution in [2.24, 2.45) is 10.7 Å². The van der Waals surface area contributed by atoms with Crippen LogP contribution in [0.25, 0.3) is 64.0 Å². The van der Waals surface area contributed by atoms with Crippen molar-refractivity contribution in [2.75, 3.05) is 0 Å². The molecule has 0 fully saturated rings. The molecular formula is C36H23N3OS. The lowest BCUT2D eigenvalue weighted by molar-refractivity contribution is 0.669. The van der Waals surface area contributed by atoms with Gasteiger partial charge in [0.05, 0.1) is 0 Å². The van der Waals surface area contributed by atoms with Crippen molar-refractivity contribution >= 4 is 75.9 Å². The zero-order chi connectivity index (χ0) is 27.5. The molecule has 0 amide bonds. The van der Waals surface area contributed by atoms with Crippen LogP contribution >= 0.6 is 11.3 Å². The van der Waals surface area contributed by atoms with Gasteiger partial charge in [-0.2, -0.15) is 0 Å². The van der Waals surface area contributed by atoms with Gasteiger partial charge in [-0.1, -0.05) is 84.9 Å². The lowest BCUT2D eigenvalue weighted by Gasteiger charge is -2.12. The Kier molecular flexibility index (Phi) is 5.27. The SMILES string of the molecule is N=C(N=C(N)c1c(-c2ccc3c(c2)sc2ccccc23)ccc2oc3ccccc3c12)c1ccc2ccccc2c1. The molecule has 41 heavy (non-hydrogen) atoms. The summed E-state index contributed by atoms with van der Waals surface area (Å²) in [5, 5.41) is 15.4. The fourth-order valence-electron chi connectivity index (χ4n) is 5.79. The van der Waals surface area contributed by atoms with Crippen LogP contribution in [0.2, 0.25) is 0 Å². The van der Waals surface area contributed by atoms with Gasteiger partial charge < -0.3 is 10.2 Å². The third kappa shape index (κ3) is 3.82. The van der Waals surface area contributed by atoms with E-state index in [1.54, 1.807) is 11.3 Å². The first-order valence-electron chi connectivity index (χ1n) is 13.4. The minimum atomic E-state index is 0.115. The van der Waals surface area contributed by atoms with Gasteiger partial charge in [-0.05, 0) is 58.3 Å². The van der Waals surface area contributed by atoms with Crippen molar-refractivity contribution in [3.8, 4) is 11.1 Å². The minimum absolute atomic E-state index is 0.115. The summed E-state index contributed by atoms with van der Waals surface area (Å²) in [6.45, 7) is 0. The number of rotatable bonds is 3. The van der Waals surface area contributed by atoms with Crippen molar-refractivity contribution in [3.63, 3.8) is 0 Å². The highest BCUT2D eigenvalue weighted by Gasteiger charge is 2.20. The normalized spacial score (nSPS) is 12.2. The smallest absolute Gasteiger partial charge is 0.154 e. The monoisotopic (exact) mass is 545 g/mol. The Balaban J connectivity index is 1.34. The molecule has 0 spiro atoms. The van der Waals surface area contributed by atoms with Gasteiger partial charge in [-0.15, -0.1) is 11.3 Å². The summed E-state index contributed by atoms with van der Waals surface area (Å²) in [5.41, 5.74) is 11.9. The van der Waals surface area contributed by atoms with Gasteiger partial charge in [0.25, 0.3) is 0 Å². The zero-order valence-corrected chi connectivity index (χ0v) is 22.7. The average Bonchev–Trinajstić information content (AvgIpc) is 3.58. The quantitative estimate of drug-likeness (QED) is 0.171. The van der Waals surface area contributed by atoms with Crippen molar-refractivity contribution in [1.29, 1.82) is 5.41 Å². The van der Waals surface area contributed by atoms with Gasteiger partial charge in [-0.3, -0.25) is 5.41 Å². The lowest BCUT2D eigenvalue weighted by Crippen LogP contribution is -2.17. The highest BCUT2D eigenvalue weighted by Crippen LogP contribution is 2.40. The van der Waals surface area contributed by atoms with Gasteiger partial charge in [0.2, 0.25) is 0 Å². The van der Waals surface area contributed by atoms with Gasteiger partial charge in [-0.25, -0.2) is 4.99 Å². The number of hydrogen-bond acceptors (Lipinski definition) is 3. The largest absolute Gasteiger partial charge is 0.456 e. The number of amidine groups is 2. The van der Waals surface area contributed by atoms with Gasteiger partial charge in [0.1, 0.15) is 17.0 Å². The van der Waals surface area contributed by atoms with E-state index in [0.29, 0.717) is 5.56 Å². The summed E-state index contributed by atoms with van der Waals surface area (Å²) in [4.78, 5) is 4.68. The van der Waals surface area contributed by atoms with E-state index in [1.807, 2.05) is 66.7 Å². The number of furan rings is 1. The number of para-hydroxylation sites is 1. The average molecular weight is 546 g/mol. The molecule has 4 nitrogen and oxygen atoms in total. The topological polar surface area (TPSA) is 75.4 Å². The van der Waals surface area contributed by atoms with Crippen LogP contribution in [-0.2, 0) is 0 Å². The molecule has 0 saturated heterocycles. The molecule has 0 atom stereocenters. The number of aliphatic imine (C=N–C) groups is 1. The Labute approximate surface area is 239 Å². The van der Waals surface area contributed by atoms with E-state index in [-0.39, 0.29) is 11.7 Å². The molecule has 3 N–H and O–H groups in total. The molecule has 0 saturated carbocycles. The van der Waals surface area contributed by atoms with E-state index in [2.05, 4.69) is 59.6 Å². The minimum Gasteiger partial charge on any atom is -0.456 e. The number of nitrogens with one attached hydrogen (secondary N) is 1. The molecule has 8 rings (SSSR count). The number of hydrogen-bond donors (Lipinski definition) is 2. The van der Waals surface area contributed by atoms with Crippen LogP contribution in [-0.4, -0.2) is 11.7 Å². The van der Waals surface area contributed by atoms with E-state index in [1.165, 1.54) is 20.2 Å². The number of nitrogens with zero attached hydrogens (tertiary/aromatic N) is 1. The predicted molar refractivity (Wildman–Crippen MR) is 174 cm³/mol. The molecule has 0 bridgehead atoms. The maximum atomic E-state index is 8.87. The maximum Gasteiger partial charge on any atom is 0.154 e. The second-order valence-corrected chi connectivity index (χ2v) is 11.3. The Bertz CT molecular complexity index is 2360. The van der Waals surface area contributed by atoms with Gasteiger partial charge in [0, 0.05) is 42.1 Å². The van der Waals surface area contributed by atoms with Crippen LogP contribution in [0, 0.1) is 5.41 Å². The molecule has 194 valence electrons. The molecule has 0 aliphatic rings. The number of nitrogens with two attached hydrogens (primary N) is 1. The summed E-state index contributed by atoms with van der Waals surface area (Å²) >= 11 is 1.79. The highest BCUT2D eigenvalue weighted by atomic mass is 32.1. The van der Waals surface area contributed by atoms with Crippen molar-refractivity contribution in [3.05, 3.63) is 132 Å². The van der Waals surface area contributed by atoms with E-state index in [0.717, 1.165) is 49.4 Å². The molecule has 6 aromatic carbocycles. The molecular weight excluding hydrogens is 522 g/mol. The maximum absolute atomic E-state index is 8.87. The fraction of sp³-hybridized carbons (Fsp3) is 0. The molecule has 0 aliphatic carbocycles. The molecule has 2 heterocycles. The first kappa shape index (κ1) is 23.6. The van der Waals surface area contributed by atoms with Crippen LogP contribution in [0.3, 0.4) is 0 Å². The van der Waals surface area contributed by atoms with Crippen LogP contribution in [0.1, 0.15) is 11.1 Å². The molecule has 2 aromatic heterocycles. The third-order valence-electron chi connectivity index (χ3n) is 7.74. The number of benzene rings is 6. The second-order valence-electron chi connectivity index (χ2n) is 10.2. The molecule has 5 heteroatoms. The van der Waals surface area contributed by atoms with E-state index in [4.69, 9.17) is 15.6 Å². The van der Waals surface area contributed by atoms with Crippen LogP contribution in [0.5, 0.6) is 0 Å².